The quantitative estimate of drug-likeness (QED) is 0.836. The second kappa shape index (κ2) is 6.90. The molecule has 10 heteroatoms. The molecule has 1 fully saturated rings. The van der Waals surface area contributed by atoms with Gasteiger partial charge in [-0.3, -0.25) is 9.59 Å². The number of carbonyl (C=O) groups is 2. The largest absolute Gasteiger partial charge is 0.319 e. The molecule has 0 radical (unpaired) electrons. The number of carbonyl (C=O) groups excluding carboxylic acids is 2. The van der Waals surface area contributed by atoms with Crippen LogP contribution in [0.4, 0.5) is 20.2 Å². The van der Waals surface area contributed by atoms with Crippen molar-refractivity contribution in [2.45, 2.75) is 6.92 Å². The van der Waals surface area contributed by atoms with Crippen molar-refractivity contribution in [3.8, 4) is 0 Å². The second-order valence-electron chi connectivity index (χ2n) is 6.02. The van der Waals surface area contributed by atoms with Crippen molar-refractivity contribution in [1.29, 1.82) is 0 Å². The molecule has 1 N–H and O–H groups in total. The van der Waals surface area contributed by atoms with E-state index in [4.69, 9.17) is 11.6 Å². The summed E-state index contributed by atoms with van der Waals surface area (Å²) >= 11 is 6.06. The number of amides is 2. The van der Waals surface area contributed by atoms with Gasteiger partial charge in [0.15, 0.2) is 0 Å². The third-order valence-electron chi connectivity index (χ3n) is 3.97. The maximum Gasteiger partial charge on any atom is 0.257 e. The van der Waals surface area contributed by atoms with Crippen LogP contribution in [0.3, 0.4) is 0 Å². The third kappa shape index (κ3) is 3.65. The molecular formula is C17H13ClF2N2O4S. The summed E-state index contributed by atoms with van der Waals surface area (Å²) in [6.07, 6.45) is 0. The van der Waals surface area contributed by atoms with Gasteiger partial charge in [0, 0.05) is 6.07 Å². The summed E-state index contributed by atoms with van der Waals surface area (Å²) in [5.74, 6) is -4.11. The first kappa shape index (κ1) is 19.2. The fraction of sp³-hybridized carbons (Fsp3) is 0.176. The highest BCUT2D eigenvalue weighted by Crippen LogP contribution is 2.31. The topological polar surface area (TPSA) is 83.6 Å². The fourth-order valence-corrected chi connectivity index (χ4v) is 4.75. The van der Waals surface area contributed by atoms with Crippen molar-refractivity contribution in [3.05, 3.63) is 58.6 Å². The average molecular weight is 415 g/mol. The second-order valence-corrected chi connectivity index (χ2v) is 8.29. The van der Waals surface area contributed by atoms with Gasteiger partial charge in [0.25, 0.3) is 5.91 Å². The number of anilines is 2. The van der Waals surface area contributed by atoms with Gasteiger partial charge in [0.1, 0.15) is 11.6 Å². The summed E-state index contributed by atoms with van der Waals surface area (Å²) in [6, 6.07) is 6.31. The maximum atomic E-state index is 13.7. The summed E-state index contributed by atoms with van der Waals surface area (Å²) in [5.41, 5.74) is -0.298. The molecule has 2 aromatic carbocycles. The molecule has 1 heterocycles. The van der Waals surface area contributed by atoms with Crippen LogP contribution in [0.1, 0.15) is 17.3 Å². The summed E-state index contributed by atoms with van der Waals surface area (Å²) in [4.78, 5) is 24.4. The van der Waals surface area contributed by atoms with Crippen LogP contribution in [0, 0.1) is 17.6 Å². The van der Waals surface area contributed by atoms with Crippen LogP contribution in [-0.4, -0.2) is 26.0 Å². The van der Waals surface area contributed by atoms with E-state index in [9.17, 15) is 26.8 Å². The molecule has 0 saturated carbocycles. The number of nitrogens with zero attached hydrogens (tertiary/aromatic N) is 1. The molecular weight excluding hydrogens is 402 g/mol. The van der Waals surface area contributed by atoms with Gasteiger partial charge in [-0.2, -0.15) is 0 Å². The van der Waals surface area contributed by atoms with E-state index >= 15 is 0 Å². The first-order valence-corrected chi connectivity index (χ1v) is 9.71. The number of benzene rings is 2. The maximum absolute atomic E-state index is 13.7. The normalized spacial score (nSPS) is 18.6. The molecule has 2 aromatic rings. The highest BCUT2D eigenvalue weighted by molar-refractivity contribution is 7.94. The van der Waals surface area contributed by atoms with Gasteiger partial charge in [-0.15, -0.1) is 0 Å². The van der Waals surface area contributed by atoms with E-state index in [2.05, 4.69) is 5.32 Å². The Balaban J connectivity index is 1.89. The summed E-state index contributed by atoms with van der Waals surface area (Å²) in [5, 5.41) is 2.12. The number of rotatable bonds is 3. The van der Waals surface area contributed by atoms with Gasteiger partial charge < -0.3 is 5.32 Å². The van der Waals surface area contributed by atoms with Crippen LogP contribution in [0.2, 0.25) is 5.02 Å². The Labute approximate surface area is 158 Å². The molecule has 2 amide bonds. The lowest BCUT2D eigenvalue weighted by molar-refractivity contribution is -0.119. The Morgan fingerprint density at radius 2 is 1.93 bits per heavy atom. The highest BCUT2D eigenvalue weighted by atomic mass is 35.5. The van der Waals surface area contributed by atoms with Gasteiger partial charge >= 0.3 is 0 Å². The van der Waals surface area contributed by atoms with Crippen LogP contribution in [0.25, 0.3) is 0 Å². The van der Waals surface area contributed by atoms with E-state index in [0.29, 0.717) is 10.4 Å². The van der Waals surface area contributed by atoms with E-state index in [1.807, 2.05) is 0 Å². The molecule has 27 heavy (non-hydrogen) atoms. The predicted molar refractivity (Wildman–Crippen MR) is 96.2 cm³/mol. The zero-order chi connectivity index (χ0) is 19.9. The van der Waals surface area contributed by atoms with Gasteiger partial charge in [0.2, 0.25) is 15.9 Å². The number of sulfonamides is 1. The predicted octanol–water partition coefficient (Wildman–Crippen LogP) is 3.18. The average Bonchev–Trinajstić information content (AvgIpc) is 2.77. The Hall–Kier alpha value is -2.52. The minimum Gasteiger partial charge on any atom is -0.319 e. The number of halogens is 3. The Kier molecular flexibility index (Phi) is 4.92. The molecule has 6 nitrogen and oxygen atoms in total. The Bertz CT molecular complexity index is 1060. The van der Waals surface area contributed by atoms with Crippen molar-refractivity contribution >= 4 is 44.8 Å². The molecule has 1 aliphatic heterocycles. The number of nitrogens with one attached hydrogen (secondary N) is 1. The molecule has 3 rings (SSSR count). The summed E-state index contributed by atoms with van der Waals surface area (Å²) in [6.45, 7) is 1.50. The lowest BCUT2D eigenvalue weighted by atomic mass is 10.1. The Morgan fingerprint density at radius 3 is 2.48 bits per heavy atom. The molecule has 0 aromatic heterocycles. The van der Waals surface area contributed by atoms with Crippen LogP contribution in [0.15, 0.2) is 36.4 Å². The fourth-order valence-electron chi connectivity index (χ4n) is 2.68. The summed E-state index contributed by atoms with van der Waals surface area (Å²) in [7, 11) is -3.81. The molecule has 1 saturated heterocycles. The lowest BCUT2D eigenvalue weighted by Crippen LogP contribution is -2.30. The van der Waals surface area contributed by atoms with Gasteiger partial charge in [-0.25, -0.2) is 21.5 Å². The highest BCUT2D eigenvalue weighted by Gasteiger charge is 2.42. The molecule has 1 atom stereocenters. The van der Waals surface area contributed by atoms with E-state index < -0.39 is 39.4 Å². The van der Waals surface area contributed by atoms with Crippen LogP contribution in [0.5, 0.6) is 0 Å². The SMILES string of the molecule is CC1CS(=O)(=O)N(c2ccc(C(=O)Nc3ccc(F)cc3F)c(Cl)c2)C1=O. The van der Waals surface area contributed by atoms with Gasteiger partial charge in [-0.05, 0) is 30.3 Å². The monoisotopic (exact) mass is 414 g/mol. The summed E-state index contributed by atoms with van der Waals surface area (Å²) < 4.78 is 51.5. The molecule has 1 aliphatic rings. The third-order valence-corrected chi connectivity index (χ3v) is 6.15. The first-order valence-electron chi connectivity index (χ1n) is 7.73. The standard InChI is InChI=1S/C17H13ClF2N2O4S/c1-9-8-27(25,26)22(17(9)24)11-3-4-12(13(18)7-11)16(23)21-15-5-2-10(19)6-14(15)20/h2-7,9H,8H2,1H3,(H,21,23). The first-order chi connectivity index (χ1) is 12.6. The van der Waals surface area contributed by atoms with E-state index in [1.165, 1.54) is 25.1 Å². The van der Waals surface area contributed by atoms with Crippen LogP contribution in [-0.2, 0) is 14.8 Å². The van der Waals surface area contributed by atoms with Crippen molar-refractivity contribution in [2.24, 2.45) is 5.92 Å². The van der Waals surface area contributed by atoms with E-state index in [1.54, 1.807) is 0 Å². The van der Waals surface area contributed by atoms with Crippen LogP contribution < -0.4 is 9.62 Å². The number of hydrogen-bond donors (Lipinski definition) is 1. The number of hydrogen-bond acceptors (Lipinski definition) is 4. The zero-order valence-corrected chi connectivity index (χ0v) is 15.4. The minimum absolute atomic E-state index is 0.0128. The molecule has 142 valence electrons. The zero-order valence-electron chi connectivity index (χ0n) is 13.9. The van der Waals surface area contributed by atoms with E-state index in [-0.39, 0.29) is 27.7 Å². The van der Waals surface area contributed by atoms with Gasteiger partial charge in [-0.1, -0.05) is 18.5 Å². The molecule has 1 unspecified atom stereocenters. The van der Waals surface area contributed by atoms with E-state index in [0.717, 1.165) is 12.1 Å². The molecule has 0 aliphatic carbocycles. The Morgan fingerprint density at radius 1 is 1.22 bits per heavy atom. The smallest absolute Gasteiger partial charge is 0.257 e. The van der Waals surface area contributed by atoms with Crippen molar-refractivity contribution in [2.75, 3.05) is 15.4 Å². The van der Waals surface area contributed by atoms with Gasteiger partial charge in [0.05, 0.1) is 33.6 Å². The molecule has 0 spiro atoms. The van der Waals surface area contributed by atoms with Crippen molar-refractivity contribution in [3.63, 3.8) is 0 Å². The van der Waals surface area contributed by atoms with Crippen LogP contribution >= 0.6 is 11.6 Å². The molecule has 0 bridgehead atoms. The minimum atomic E-state index is -3.81. The van der Waals surface area contributed by atoms with Crippen molar-refractivity contribution in [1.82, 2.24) is 0 Å². The lowest BCUT2D eigenvalue weighted by Gasteiger charge is -2.16. The van der Waals surface area contributed by atoms with Crippen molar-refractivity contribution < 1.29 is 26.8 Å².